The molecule has 0 saturated carbocycles. The van der Waals surface area contributed by atoms with E-state index in [9.17, 15) is 4.79 Å². The lowest BCUT2D eigenvalue weighted by atomic mass is 10.1. The normalized spacial score (nSPS) is 10.0. The topological polar surface area (TPSA) is 84.5 Å². The third-order valence-corrected chi connectivity index (χ3v) is 3.87. The van der Waals surface area contributed by atoms with Crippen LogP contribution in [0.2, 0.25) is 0 Å². The Morgan fingerprint density at radius 2 is 1.22 bits per heavy atom. The van der Waals surface area contributed by atoms with Gasteiger partial charge in [-0.25, -0.2) is 4.79 Å². The van der Waals surface area contributed by atoms with Crippen molar-refractivity contribution in [2.75, 3.05) is 48.0 Å². The van der Waals surface area contributed by atoms with E-state index in [0.29, 0.717) is 40.1 Å². The van der Waals surface area contributed by atoms with Gasteiger partial charge in [0, 0.05) is 30.0 Å². The fourth-order valence-electron chi connectivity index (χ4n) is 2.57. The van der Waals surface area contributed by atoms with Crippen LogP contribution in [0.25, 0.3) is 0 Å². The lowest BCUT2D eigenvalue weighted by Gasteiger charge is -2.18. The Balaban J connectivity index is 2.57. The van der Waals surface area contributed by atoms with Gasteiger partial charge in [0.05, 0.1) is 53.9 Å². The average Bonchev–Trinajstić information content (AvgIpc) is 2.71. The minimum atomic E-state index is -0.522. The molecule has 0 saturated heterocycles. The van der Waals surface area contributed by atoms with Crippen molar-refractivity contribution >= 4 is 17.3 Å². The highest BCUT2D eigenvalue weighted by Gasteiger charge is 2.19. The van der Waals surface area contributed by atoms with Crippen molar-refractivity contribution in [3.63, 3.8) is 0 Å². The van der Waals surface area contributed by atoms with E-state index in [0.717, 1.165) is 0 Å². The number of esters is 1. The molecule has 2 rings (SSSR count). The average molecular weight is 377 g/mol. The number of hydrogen-bond donors (Lipinski definition) is 1. The first-order chi connectivity index (χ1) is 13.0. The molecular weight excluding hydrogens is 354 g/mol. The van der Waals surface area contributed by atoms with Gasteiger partial charge in [-0.2, -0.15) is 0 Å². The van der Waals surface area contributed by atoms with Crippen LogP contribution >= 0.6 is 0 Å². The molecule has 0 amide bonds. The predicted octanol–water partition coefficient (Wildman–Crippen LogP) is 3.26. The fraction of sp³-hybridized carbons (Fsp3) is 0.316. The Morgan fingerprint density at radius 3 is 1.67 bits per heavy atom. The molecule has 27 heavy (non-hydrogen) atoms. The molecular formula is C19H23NO7. The first-order valence-electron chi connectivity index (χ1n) is 7.94. The highest BCUT2D eigenvalue weighted by atomic mass is 16.5. The van der Waals surface area contributed by atoms with Crippen LogP contribution in [-0.2, 0) is 4.74 Å². The van der Waals surface area contributed by atoms with Crippen LogP contribution in [0.3, 0.4) is 0 Å². The van der Waals surface area contributed by atoms with Gasteiger partial charge >= 0.3 is 5.97 Å². The van der Waals surface area contributed by atoms with E-state index in [-0.39, 0.29) is 5.56 Å². The van der Waals surface area contributed by atoms with Crippen LogP contribution in [0.4, 0.5) is 11.4 Å². The zero-order valence-corrected chi connectivity index (χ0v) is 16.2. The molecule has 1 N–H and O–H groups in total. The molecule has 0 heterocycles. The van der Waals surface area contributed by atoms with E-state index >= 15 is 0 Å². The zero-order valence-electron chi connectivity index (χ0n) is 16.2. The molecule has 8 heteroatoms. The molecule has 2 aromatic carbocycles. The molecule has 8 nitrogen and oxygen atoms in total. The van der Waals surface area contributed by atoms with Crippen LogP contribution in [0.5, 0.6) is 28.7 Å². The predicted molar refractivity (Wildman–Crippen MR) is 100 cm³/mol. The molecule has 0 aliphatic heterocycles. The number of carbonyl (C=O) groups is 1. The molecule has 0 fully saturated rings. The van der Waals surface area contributed by atoms with Gasteiger partial charge < -0.3 is 33.7 Å². The van der Waals surface area contributed by atoms with E-state index in [4.69, 9.17) is 28.4 Å². The number of benzene rings is 2. The van der Waals surface area contributed by atoms with Gasteiger partial charge in [-0.1, -0.05) is 0 Å². The van der Waals surface area contributed by atoms with Gasteiger partial charge in [0.25, 0.3) is 0 Å². The lowest BCUT2D eigenvalue weighted by molar-refractivity contribution is 0.0601. The number of anilines is 2. The fourth-order valence-corrected chi connectivity index (χ4v) is 2.57. The van der Waals surface area contributed by atoms with E-state index in [1.807, 2.05) is 0 Å². The summed E-state index contributed by atoms with van der Waals surface area (Å²) in [5.41, 5.74) is 1.36. The van der Waals surface area contributed by atoms with Gasteiger partial charge in [-0.05, 0) is 0 Å². The molecule has 0 aliphatic carbocycles. The number of nitrogens with one attached hydrogen (secondary N) is 1. The lowest BCUT2D eigenvalue weighted by Crippen LogP contribution is -2.07. The summed E-state index contributed by atoms with van der Waals surface area (Å²) in [6.45, 7) is 0. The monoisotopic (exact) mass is 377 g/mol. The second-order valence-corrected chi connectivity index (χ2v) is 5.28. The summed E-state index contributed by atoms with van der Waals surface area (Å²) in [5.74, 6) is 1.75. The molecule has 0 atom stereocenters. The van der Waals surface area contributed by atoms with E-state index in [1.54, 1.807) is 24.3 Å². The van der Waals surface area contributed by atoms with Crippen LogP contribution < -0.4 is 29.0 Å². The molecule has 146 valence electrons. The van der Waals surface area contributed by atoms with E-state index in [1.165, 1.54) is 42.7 Å². The van der Waals surface area contributed by atoms with Crippen molar-refractivity contribution in [2.24, 2.45) is 0 Å². The maximum atomic E-state index is 12.2. The second-order valence-electron chi connectivity index (χ2n) is 5.28. The third-order valence-electron chi connectivity index (χ3n) is 3.87. The first-order valence-corrected chi connectivity index (χ1v) is 7.94. The summed E-state index contributed by atoms with van der Waals surface area (Å²) in [6.07, 6.45) is 0. The summed E-state index contributed by atoms with van der Waals surface area (Å²) >= 11 is 0. The van der Waals surface area contributed by atoms with Gasteiger partial charge in [-0.15, -0.1) is 0 Å². The largest absolute Gasteiger partial charge is 0.493 e. The van der Waals surface area contributed by atoms with Crippen molar-refractivity contribution in [3.05, 3.63) is 29.8 Å². The van der Waals surface area contributed by atoms with Crippen LogP contribution in [0.15, 0.2) is 24.3 Å². The van der Waals surface area contributed by atoms with E-state index < -0.39 is 5.97 Å². The van der Waals surface area contributed by atoms with Crippen LogP contribution in [-0.4, -0.2) is 48.6 Å². The standard InChI is InChI=1S/C19H23NO7/c1-22-14-9-12(19(21)27-6)13(10-15(14)23-2)20-11-7-16(24-3)18(26-5)17(8-11)25-4/h7-10,20H,1-6H3. The van der Waals surface area contributed by atoms with Gasteiger partial charge in [0.15, 0.2) is 23.0 Å². The Hall–Kier alpha value is -3.29. The second kappa shape index (κ2) is 8.88. The van der Waals surface area contributed by atoms with Crippen LogP contribution in [0, 0.1) is 0 Å². The van der Waals surface area contributed by atoms with Crippen molar-refractivity contribution in [1.82, 2.24) is 0 Å². The number of rotatable bonds is 8. The molecule has 0 radical (unpaired) electrons. The maximum Gasteiger partial charge on any atom is 0.340 e. The molecule has 0 aliphatic rings. The van der Waals surface area contributed by atoms with Crippen molar-refractivity contribution in [2.45, 2.75) is 0 Å². The van der Waals surface area contributed by atoms with Crippen LogP contribution in [0.1, 0.15) is 10.4 Å². The number of carbonyl (C=O) groups excluding carboxylic acids is 1. The minimum absolute atomic E-state index is 0.281. The summed E-state index contributed by atoms with van der Waals surface area (Å²) in [5, 5.41) is 3.16. The van der Waals surface area contributed by atoms with Gasteiger partial charge in [-0.3, -0.25) is 0 Å². The molecule has 0 unspecified atom stereocenters. The summed E-state index contributed by atoms with van der Waals surface area (Å²) in [4.78, 5) is 12.2. The molecule has 0 spiro atoms. The third kappa shape index (κ3) is 4.11. The number of hydrogen-bond acceptors (Lipinski definition) is 8. The van der Waals surface area contributed by atoms with Gasteiger partial charge in [0.2, 0.25) is 5.75 Å². The first kappa shape index (κ1) is 20.0. The summed E-state index contributed by atoms with van der Waals surface area (Å²) < 4.78 is 31.5. The summed E-state index contributed by atoms with van der Waals surface area (Å²) in [7, 11) is 8.89. The zero-order chi connectivity index (χ0) is 20.0. The quantitative estimate of drug-likeness (QED) is 0.702. The number of ether oxygens (including phenoxy) is 6. The van der Waals surface area contributed by atoms with Crippen molar-refractivity contribution < 1.29 is 33.2 Å². The highest BCUT2D eigenvalue weighted by molar-refractivity contribution is 5.97. The smallest absolute Gasteiger partial charge is 0.340 e. The van der Waals surface area contributed by atoms with E-state index in [2.05, 4.69) is 5.32 Å². The highest BCUT2D eigenvalue weighted by Crippen LogP contribution is 2.42. The Kier molecular flexibility index (Phi) is 6.59. The van der Waals surface area contributed by atoms with Gasteiger partial charge in [0.1, 0.15) is 0 Å². The Bertz CT molecular complexity index is 795. The maximum absolute atomic E-state index is 12.2. The molecule has 0 aromatic heterocycles. The minimum Gasteiger partial charge on any atom is -0.493 e. The van der Waals surface area contributed by atoms with Crippen molar-refractivity contribution in [1.29, 1.82) is 0 Å². The van der Waals surface area contributed by atoms with Crippen molar-refractivity contribution in [3.8, 4) is 28.7 Å². The molecule has 2 aromatic rings. The Morgan fingerprint density at radius 1 is 0.704 bits per heavy atom. The molecule has 0 bridgehead atoms. The Labute approximate surface area is 157 Å². The summed E-state index contributed by atoms with van der Waals surface area (Å²) in [6, 6.07) is 6.64. The SMILES string of the molecule is COC(=O)c1cc(OC)c(OC)cc1Nc1cc(OC)c(OC)c(OC)c1. The number of methoxy groups -OCH3 is 6.